The van der Waals surface area contributed by atoms with Crippen LogP contribution in [0.1, 0.15) is 22.3 Å². The van der Waals surface area contributed by atoms with E-state index in [1.807, 2.05) is 24.3 Å². The van der Waals surface area contributed by atoms with E-state index in [0.717, 1.165) is 5.57 Å². The van der Waals surface area contributed by atoms with Crippen LogP contribution in [0, 0.1) is 0 Å². The topological polar surface area (TPSA) is 59.1 Å². The summed E-state index contributed by atoms with van der Waals surface area (Å²) in [6, 6.07) is 15.7. The highest BCUT2D eigenvalue weighted by atomic mass is 16.5. The number of rotatable bonds is 6. The van der Waals surface area contributed by atoms with Gasteiger partial charge in [-0.3, -0.25) is 19.4 Å². The summed E-state index contributed by atoms with van der Waals surface area (Å²) in [7, 11) is 2.87. The van der Waals surface area contributed by atoms with Gasteiger partial charge in [-0.15, -0.1) is 0 Å². The normalized spacial score (nSPS) is 20.7. The van der Waals surface area contributed by atoms with E-state index in [2.05, 4.69) is 40.6 Å². The monoisotopic (exact) mass is 434 g/mol. The predicted octanol–water partition coefficient (Wildman–Crippen LogP) is 2.74. The number of esters is 2. The van der Waals surface area contributed by atoms with Crippen LogP contribution >= 0.6 is 0 Å². The van der Waals surface area contributed by atoms with Gasteiger partial charge in [-0.1, -0.05) is 55.1 Å². The summed E-state index contributed by atoms with van der Waals surface area (Å²) in [5.41, 5.74) is 5.76. The second-order valence-corrected chi connectivity index (χ2v) is 8.58. The zero-order valence-corrected chi connectivity index (χ0v) is 18.8. The Morgan fingerprint density at radius 3 is 1.53 bits per heavy atom. The molecule has 4 rings (SSSR count). The first-order valence-electron chi connectivity index (χ1n) is 10.9. The lowest BCUT2D eigenvalue weighted by Gasteiger charge is -2.38. The maximum atomic E-state index is 12.5. The van der Waals surface area contributed by atoms with Crippen molar-refractivity contribution in [3.63, 3.8) is 0 Å². The van der Waals surface area contributed by atoms with E-state index >= 15 is 0 Å². The van der Waals surface area contributed by atoms with Gasteiger partial charge in [-0.2, -0.15) is 0 Å². The molecule has 0 spiro atoms. The van der Waals surface area contributed by atoms with E-state index < -0.39 is 0 Å². The first-order valence-corrected chi connectivity index (χ1v) is 10.9. The molecule has 0 saturated heterocycles. The maximum absolute atomic E-state index is 12.5. The van der Waals surface area contributed by atoms with Gasteiger partial charge in [0, 0.05) is 26.2 Å². The molecule has 2 aliphatic rings. The van der Waals surface area contributed by atoms with E-state index in [4.69, 9.17) is 9.47 Å². The zero-order valence-electron chi connectivity index (χ0n) is 18.8. The van der Waals surface area contributed by atoms with Gasteiger partial charge in [-0.05, 0) is 40.7 Å². The van der Waals surface area contributed by atoms with Crippen molar-refractivity contribution < 1.29 is 19.1 Å². The van der Waals surface area contributed by atoms with Gasteiger partial charge >= 0.3 is 11.9 Å². The molecule has 2 aromatic rings. The molecule has 0 bridgehead atoms. The molecule has 2 atom stereocenters. The fourth-order valence-electron chi connectivity index (χ4n) is 4.85. The van der Waals surface area contributed by atoms with Gasteiger partial charge in [0.25, 0.3) is 0 Å². The molecule has 6 heteroatoms. The minimum Gasteiger partial charge on any atom is -0.468 e. The molecule has 6 nitrogen and oxygen atoms in total. The Labute approximate surface area is 189 Å². The highest BCUT2D eigenvalue weighted by Crippen LogP contribution is 2.27. The van der Waals surface area contributed by atoms with Gasteiger partial charge in [0.15, 0.2) is 0 Å². The van der Waals surface area contributed by atoms with Crippen molar-refractivity contribution in [1.82, 2.24) is 9.80 Å². The molecule has 32 heavy (non-hydrogen) atoms. The summed E-state index contributed by atoms with van der Waals surface area (Å²) >= 11 is 0. The number of carbonyl (C=O) groups excluding carboxylic acids is 2. The molecule has 2 heterocycles. The number of fused-ring (bicyclic) bond motifs is 2. The molecule has 2 aromatic carbocycles. The Hall–Kier alpha value is -2.96. The van der Waals surface area contributed by atoms with Crippen LogP contribution in [0.4, 0.5) is 0 Å². The van der Waals surface area contributed by atoms with Crippen molar-refractivity contribution >= 4 is 11.9 Å². The van der Waals surface area contributed by atoms with Crippen LogP contribution in [0.3, 0.4) is 0 Å². The summed E-state index contributed by atoms with van der Waals surface area (Å²) < 4.78 is 10.2. The predicted molar refractivity (Wildman–Crippen MR) is 122 cm³/mol. The quantitative estimate of drug-likeness (QED) is 0.515. The van der Waals surface area contributed by atoms with E-state index in [1.54, 1.807) is 0 Å². The van der Waals surface area contributed by atoms with Crippen LogP contribution in [-0.2, 0) is 45.0 Å². The zero-order chi connectivity index (χ0) is 22.7. The average Bonchev–Trinajstić information content (AvgIpc) is 2.82. The van der Waals surface area contributed by atoms with E-state index in [1.165, 1.54) is 36.5 Å². The molecule has 0 radical (unpaired) electrons. The SMILES string of the molecule is C=C(CN1Cc2ccccc2CC1C(=O)OC)CN1Cc2ccccc2CC1C(=O)OC. The van der Waals surface area contributed by atoms with Crippen LogP contribution in [0.25, 0.3) is 0 Å². The van der Waals surface area contributed by atoms with E-state index in [-0.39, 0.29) is 24.0 Å². The fraction of sp³-hybridized carbons (Fsp3) is 0.385. The Kier molecular flexibility index (Phi) is 6.72. The lowest BCUT2D eigenvalue weighted by molar-refractivity contribution is -0.147. The number of carbonyl (C=O) groups is 2. The molecule has 0 aliphatic carbocycles. The van der Waals surface area contributed by atoms with Crippen LogP contribution in [0.2, 0.25) is 0 Å². The summed E-state index contributed by atoms with van der Waals surface area (Å²) in [6.45, 7) is 6.75. The molecular formula is C26H30N2O4. The van der Waals surface area contributed by atoms with Crippen LogP contribution in [0.5, 0.6) is 0 Å². The second-order valence-electron chi connectivity index (χ2n) is 8.58. The summed E-state index contributed by atoms with van der Waals surface area (Å²) in [5, 5.41) is 0. The molecule has 168 valence electrons. The summed E-state index contributed by atoms with van der Waals surface area (Å²) in [5.74, 6) is -0.460. The van der Waals surface area contributed by atoms with Crippen molar-refractivity contribution in [2.45, 2.75) is 38.0 Å². The summed E-state index contributed by atoms with van der Waals surface area (Å²) in [6.07, 6.45) is 1.25. The minimum atomic E-state index is -0.342. The number of methoxy groups -OCH3 is 2. The molecule has 0 fully saturated rings. The smallest absolute Gasteiger partial charge is 0.323 e. The first kappa shape index (κ1) is 22.2. The Balaban J connectivity index is 1.50. The van der Waals surface area contributed by atoms with Crippen LogP contribution in [0.15, 0.2) is 60.7 Å². The van der Waals surface area contributed by atoms with Crippen LogP contribution < -0.4 is 0 Å². The standard InChI is InChI=1S/C26H30N2O4/c1-18(14-27-16-21-10-6-4-8-19(21)12-23(27)25(29)31-2)15-28-17-22-11-7-5-9-20(22)13-24(28)26(30)32-3/h4-11,23-24H,1,12-17H2,2-3H3. The number of hydrogen-bond donors (Lipinski definition) is 0. The van der Waals surface area contributed by atoms with Crippen molar-refractivity contribution in [1.29, 1.82) is 0 Å². The molecule has 0 amide bonds. The molecule has 0 N–H and O–H groups in total. The fourth-order valence-corrected chi connectivity index (χ4v) is 4.85. The van der Waals surface area contributed by atoms with Crippen molar-refractivity contribution in [2.24, 2.45) is 0 Å². The number of benzene rings is 2. The van der Waals surface area contributed by atoms with Gasteiger partial charge in [0.2, 0.25) is 0 Å². The van der Waals surface area contributed by atoms with Crippen molar-refractivity contribution in [3.8, 4) is 0 Å². The second kappa shape index (κ2) is 9.67. The molecule has 0 saturated carbocycles. The molecule has 2 aliphatic heterocycles. The summed E-state index contributed by atoms with van der Waals surface area (Å²) in [4.78, 5) is 29.3. The van der Waals surface area contributed by atoms with Gasteiger partial charge in [0.05, 0.1) is 14.2 Å². The third kappa shape index (κ3) is 4.61. The first-order chi connectivity index (χ1) is 15.5. The third-order valence-electron chi connectivity index (χ3n) is 6.49. The number of hydrogen-bond acceptors (Lipinski definition) is 6. The lowest BCUT2D eigenvalue weighted by atomic mass is 9.92. The average molecular weight is 435 g/mol. The molecular weight excluding hydrogens is 404 g/mol. The van der Waals surface area contributed by atoms with E-state index in [9.17, 15) is 9.59 Å². The largest absolute Gasteiger partial charge is 0.468 e. The van der Waals surface area contributed by atoms with Crippen LogP contribution in [-0.4, -0.2) is 61.1 Å². The minimum absolute atomic E-state index is 0.230. The molecule has 2 unspecified atom stereocenters. The molecule has 0 aromatic heterocycles. The van der Waals surface area contributed by atoms with Gasteiger partial charge < -0.3 is 9.47 Å². The number of ether oxygens (including phenoxy) is 2. The highest BCUT2D eigenvalue weighted by molar-refractivity contribution is 5.77. The number of nitrogens with zero attached hydrogens (tertiary/aromatic N) is 2. The van der Waals surface area contributed by atoms with Crippen molar-refractivity contribution in [3.05, 3.63) is 82.9 Å². The van der Waals surface area contributed by atoms with Gasteiger partial charge in [0.1, 0.15) is 12.1 Å². The van der Waals surface area contributed by atoms with Crippen molar-refractivity contribution in [2.75, 3.05) is 27.3 Å². The third-order valence-corrected chi connectivity index (χ3v) is 6.49. The Bertz CT molecular complexity index is 939. The Morgan fingerprint density at radius 1 is 0.781 bits per heavy atom. The lowest BCUT2D eigenvalue weighted by Crippen LogP contribution is -2.49. The Morgan fingerprint density at radius 2 is 1.16 bits per heavy atom. The van der Waals surface area contributed by atoms with Gasteiger partial charge in [-0.25, -0.2) is 0 Å². The van der Waals surface area contributed by atoms with E-state index in [0.29, 0.717) is 39.0 Å². The highest BCUT2D eigenvalue weighted by Gasteiger charge is 2.35. The maximum Gasteiger partial charge on any atom is 0.323 e.